The summed E-state index contributed by atoms with van der Waals surface area (Å²) in [6, 6.07) is 39.1. The summed E-state index contributed by atoms with van der Waals surface area (Å²) in [5.41, 5.74) is 20.0. The number of rotatable bonds is 4. The molecule has 50 heavy (non-hydrogen) atoms. The molecule has 0 saturated heterocycles. The van der Waals surface area contributed by atoms with Gasteiger partial charge in [-0.3, -0.25) is 4.98 Å². The van der Waals surface area contributed by atoms with Crippen LogP contribution in [0.2, 0.25) is 0 Å². The zero-order chi connectivity index (χ0) is 34.3. The van der Waals surface area contributed by atoms with E-state index in [1.807, 2.05) is 12.3 Å². The molecule has 3 nitrogen and oxygen atoms in total. The Morgan fingerprint density at radius 3 is 1.60 bits per heavy atom. The summed E-state index contributed by atoms with van der Waals surface area (Å²) in [7, 11) is 0. The van der Waals surface area contributed by atoms with Gasteiger partial charge in [-0.25, -0.2) is 0 Å². The van der Waals surface area contributed by atoms with E-state index in [-0.39, 0.29) is 0 Å². The van der Waals surface area contributed by atoms with Crippen LogP contribution in [0.5, 0.6) is 0 Å². The molecule has 0 aliphatic heterocycles. The molecule has 3 aromatic heterocycles. The van der Waals surface area contributed by atoms with Crippen molar-refractivity contribution in [3.63, 3.8) is 0 Å². The molecule has 0 aliphatic carbocycles. The lowest BCUT2D eigenvalue weighted by atomic mass is 9.91. The summed E-state index contributed by atoms with van der Waals surface area (Å²) in [5.74, 6) is 0. The van der Waals surface area contributed by atoms with Gasteiger partial charge in [-0.2, -0.15) is 0 Å². The van der Waals surface area contributed by atoms with Gasteiger partial charge in [-0.15, -0.1) is 0 Å². The van der Waals surface area contributed by atoms with Crippen molar-refractivity contribution >= 4 is 43.9 Å². The molecule has 0 fully saturated rings. The molecule has 0 spiro atoms. The quantitative estimate of drug-likeness (QED) is 0.191. The average Bonchev–Trinajstić information content (AvgIpc) is 3.65. The van der Waals surface area contributed by atoms with Crippen LogP contribution in [0.15, 0.2) is 124 Å². The molecular weight excluding hydrogens is 611 g/mol. The van der Waals surface area contributed by atoms with Gasteiger partial charge < -0.3 is 8.83 Å². The molecule has 0 N–H and O–H groups in total. The minimum Gasteiger partial charge on any atom is -0.456 e. The van der Waals surface area contributed by atoms with Gasteiger partial charge in [0.2, 0.25) is 0 Å². The number of benzene rings is 6. The lowest BCUT2D eigenvalue weighted by Crippen LogP contribution is -1.90. The Morgan fingerprint density at radius 2 is 1.00 bits per heavy atom. The highest BCUT2D eigenvalue weighted by molar-refractivity contribution is 6.26. The highest BCUT2D eigenvalue weighted by atomic mass is 16.3. The van der Waals surface area contributed by atoms with E-state index >= 15 is 0 Å². The standard InChI is InChI=1S/C47H37NO2/c1-26-18-28(3)43(29(4)19-26)34-13-15-41-37(22-34)45-36(33-16-17-48-39(24-33)32-10-8-7-9-11-32)25-42-46(47(45)50-41)38-23-35(12-14-40(38)49-42)44-30(5)20-27(2)21-31(44)6/h7-25H,1-6H3. The Balaban J connectivity index is 1.37. The van der Waals surface area contributed by atoms with Crippen LogP contribution in [0.4, 0.5) is 0 Å². The van der Waals surface area contributed by atoms with E-state index in [1.165, 1.54) is 55.6 Å². The molecule has 3 heterocycles. The van der Waals surface area contributed by atoms with Crippen molar-refractivity contribution in [2.45, 2.75) is 41.5 Å². The maximum atomic E-state index is 6.91. The van der Waals surface area contributed by atoms with Crippen molar-refractivity contribution in [1.29, 1.82) is 0 Å². The van der Waals surface area contributed by atoms with Crippen molar-refractivity contribution in [3.8, 4) is 44.6 Å². The zero-order valence-corrected chi connectivity index (χ0v) is 29.2. The zero-order valence-electron chi connectivity index (χ0n) is 29.2. The first-order valence-corrected chi connectivity index (χ1v) is 17.3. The Hall–Kier alpha value is -5.93. The molecule has 6 aromatic carbocycles. The third-order valence-corrected chi connectivity index (χ3v) is 10.2. The number of nitrogens with zero attached hydrogens (tertiary/aromatic N) is 1. The Bertz CT molecular complexity index is 2770. The maximum absolute atomic E-state index is 6.91. The fraction of sp³-hybridized carbons (Fsp3) is 0.128. The SMILES string of the molecule is Cc1cc(C)c(-c2ccc3oc4c(c(-c5ccnc(-c6ccccc6)c5)cc5oc6ccc(-c7c(C)cc(C)cc7C)cc6c54)c3c2)c(C)c1. The van der Waals surface area contributed by atoms with Crippen LogP contribution in [0, 0.1) is 41.5 Å². The number of fused-ring (bicyclic) bond motifs is 7. The van der Waals surface area contributed by atoms with Gasteiger partial charge in [0.15, 0.2) is 0 Å². The van der Waals surface area contributed by atoms with Gasteiger partial charge in [0.05, 0.1) is 11.1 Å². The fourth-order valence-corrected chi connectivity index (χ4v) is 8.37. The van der Waals surface area contributed by atoms with E-state index in [0.29, 0.717) is 0 Å². The molecule has 0 unspecified atom stereocenters. The number of hydrogen-bond donors (Lipinski definition) is 0. The lowest BCUT2D eigenvalue weighted by Gasteiger charge is -2.12. The number of aromatic nitrogens is 1. The second-order valence-corrected chi connectivity index (χ2v) is 14.0. The molecule has 9 aromatic rings. The van der Waals surface area contributed by atoms with E-state index in [4.69, 9.17) is 13.8 Å². The molecule has 0 aliphatic rings. The molecule has 242 valence electrons. The first-order valence-electron chi connectivity index (χ1n) is 17.3. The highest BCUT2D eigenvalue weighted by Gasteiger charge is 2.23. The van der Waals surface area contributed by atoms with Crippen LogP contribution in [-0.4, -0.2) is 4.98 Å². The van der Waals surface area contributed by atoms with Crippen LogP contribution in [-0.2, 0) is 0 Å². The van der Waals surface area contributed by atoms with E-state index in [9.17, 15) is 0 Å². The second kappa shape index (κ2) is 11.3. The van der Waals surface area contributed by atoms with E-state index in [0.717, 1.165) is 66.3 Å². The van der Waals surface area contributed by atoms with Crippen LogP contribution in [0.3, 0.4) is 0 Å². The number of aryl methyl sites for hydroxylation is 6. The number of furan rings is 2. The molecule has 0 bridgehead atoms. The molecule has 3 heteroatoms. The monoisotopic (exact) mass is 647 g/mol. The topological polar surface area (TPSA) is 39.2 Å². The summed E-state index contributed by atoms with van der Waals surface area (Å²) in [6.07, 6.45) is 1.90. The third kappa shape index (κ3) is 4.76. The highest BCUT2D eigenvalue weighted by Crippen LogP contribution is 2.46. The summed E-state index contributed by atoms with van der Waals surface area (Å²) in [5, 5.41) is 4.22. The van der Waals surface area contributed by atoms with Crippen LogP contribution >= 0.6 is 0 Å². The van der Waals surface area contributed by atoms with Crippen LogP contribution < -0.4 is 0 Å². The van der Waals surface area contributed by atoms with E-state index in [2.05, 4.69) is 145 Å². The van der Waals surface area contributed by atoms with Gasteiger partial charge >= 0.3 is 0 Å². The van der Waals surface area contributed by atoms with E-state index in [1.54, 1.807) is 0 Å². The van der Waals surface area contributed by atoms with Gasteiger partial charge in [0.1, 0.15) is 22.3 Å². The predicted octanol–water partition coefficient (Wildman–Crippen LogP) is 13.4. The largest absolute Gasteiger partial charge is 0.456 e. The van der Waals surface area contributed by atoms with Crippen LogP contribution in [0.25, 0.3) is 88.5 Å². The Labute approximate surface area is 291 Å². The molecule has 9 rings (SSSR count). The van der Waals surface area contributed by atoms with Crippen molar-refractivity contribution in [2.75, 3.05) is 0 Å². The predicted molar refractivity (Wildman–Crippen MR) is 209 cm³/mol. The average molecular weight is 648 g/mol. The fourth-order valence-electron chi connectivity index (χ4n) is 8.37. The molecular formula is C47H37NO2. The number of pyridine rings is 1. The Morgan fingerprint density at radius 1 is 0.440 bits per heavy atom. The van der Waals surface area contributed by atoms with Crippen LogP contribution in [0.1, 0.15) is 33.4 Å². The van der Waals surface area contributed by atoms with Crippen molar-refractivity contribution in [2.24, 2.45) is 0 Å². The molecule has 0 atom stereocenters. The second-order valence-electron chi connectivity index (χ2n) is 14.0. The first kappa shape index (κ1) is 30.2. The molecule has 0 amide bonds. The van der Waals surface area contributed by atoms with Gasteiger partial charge in [-0.05, 0) is 140 Å². The number of hydrogen-bond acceptors (Lipinski definition) is 3. The summed E-state index contributed by atoms with van der Waals surface area (Å²) in [4.78, 5) is 4.75. The van der Waals surface area contributed by atoms with Gasteiger partial charge in [-0.1, -0.05) is 77.9 Å². The molecule has 0 radical (unpaired) electrons. The minimum absolute atomic E-state index is 0.805. The van der Waals surface area contributed by atoms with Crippen molar-refractivity contribution in [3.05, 3.63) is 149 Å². The van der Waals surface area contributed by atoms with Gasteiger partial charge in [0.25, 0.3) is 0 Å². The minimum atomic E-state index is 0.805. The maximum Gasteiger partial charge on any atom is 0.147 e. The van der Waals surface area contributed by atoms with Gasteiger partial charge in [0, 0.05) is 27.9 Å². The summed E-state index contributed by atoms with van der Waals surface area (Å²) >= 11 is 0. The first-order chi connectivity index (χ1) is 24.2. The normalized spacial score (nSPS) is 11.8. The van der Waals surface area contributed by atoms with Crippen molar-refractivity contribution < 1.29 is 8.83 Å². The molecule has 0 saturated carbocycles. The van der Waals surface area contributed by atoms with Crippen molar-refractivity contribution in [1.82, 2.24) is 4.98 Å². The third-order valence-electron chi connectivity index (χ3n) is 10.2. The summed E-state index contributed by atoms with van der Waals surface area (Å²) in [6.45, 7) is 13.1. The smallest absolute Gasteiger partial charge is 0.147 e. The summed E-state index contributed by atoms with van der Waals surface area (Å²) < 4.78 is 13.6. The lowest BCUT2D eigenvalue weighted by molar-refractivity contribution is 0.663. The Kier molecular flexibility index (Phi) is 6.82. The van der Waals surface area contributed by atoms with E-state index < -0.39 is 0 Å².